The number of amides is 3. The third-order valence-corrected chi connectivity index (χ3v) is 5.07. The van der Waals surface area contributed by atoms with Gasteiger partial charge < -0.3 is 5.32 Å². The van der Waals surface area contributed by atoms with Crippen molar-refractivity contribution in [2.75, 3.05) is 19.6 Å². The molecule has 3 amide bonds. The largest absolute Gasteiger partial charge is 0.336 e. The molecule has 0 aromatic heterocycles. The van der Waals surface area contributed by atoms with E-state index in [1.165, 1.54) is 17.7 Å². The zero-order chi connectivity index (χ0) is 20.5. The molecule has 1 aliphatic rings. The van der Waals surface area contributed by atoms with E-state index in [0.717, 1.165) is 32.5 Å². The van der Waals surface area contributed by atoms with E-state index in [1.54, 1.807) is 12.1 Å². The molecule has 3 rings (SSSR count). The van der Waals surface area contributed by atoms with Gasteiger partial charge in [-0.1, -0.05) is 30.3 Å². The zero-order valence-electron chi connectivity index (χ0n) is 16.2. The van der Waals surface area contributed by atoms with Crippen molar-refractivity contribution in [3.05, 3.63) is 71.3 Å². The van der Waals surface area contributed by atoms with Crippen molar-refractivity contribution in [2.45, 2.75) is 19.4 Å². The Hall–Kier alpha value is -3.37. The molecule has 1 saturated heterocycles. The molecule has 3 N–H and O–H groups in total. The second-order valence-electron chi connectivity index (χ2n) is 7.18. The van der Waals surface area contributed by atoms with Crippen LogP contribution in [0.25, 0.3) is 0 Å². The second-order valence-corrected chi connectivity index (χ2v) is 7.18. The Balaban J connectivity index is 1.32. The summed E-state index contributed by atoms with van der Waals surface area (Å²) in [5, 5.41) is 11.6. The van der Waals surface area contributed by atoms with Crippen molar-refractivity contribution in [3.8, 4) is 6.07 Å². The third-order valence-electron chi connectivity index (χ3n) is 5.07. The van der Waals surface area contributed by atoms with Crippen LogP contribution in [-0.4, -0.2) is 36.5 Å². The molecule has 1 fully saturated rings. The first kappa shape index (κ1) is 20.4. The molecule has 0 unspecified atom stereocenters. The molecule has 150 valence electrons. The minimum atomic E-state index is -0.432. The molecule has 29 heavy (non-hydrogen) atoms. The maximum atomic E-state index is 12.0. The monoisotopic (exact) mass is 391 g/mol. The first-order chi connectivity index (χ1) is 14.1. The maximum Gasteiger partial charge on any atom is 0.333 e. The average Bonchev–Trinajstić information content (AvgIpc) is 2.77. The predicted molar refractivity (Wildman–Crippen MR) is 110 cm³/mol. The van der Waals surface area contributed by atoms with Crippen molar-refractivity contribution in [2.24, 2.45) is 5.92 Å². The summed E-state index contributed by atoms with van der Waals surface area (Å²) in [4.78, 5) is 26.4. The van der Waals surface area contributed by atoms with Crippen LogP contribution >= 0.6 is 0 Å². The smallest absolute Gasteiger partial charge is 0.333 e. The van der Waals surface area contributed by atoms with E-state index < -0.39 is 11.9 Å². The van der Waals surface area contributed by atoms with Crippen LogP contribution in [0.4, 0.5) is 4.79 Å². The van der Waals surface area contributed by atoms with Gasteiger partial charge in [-0.3, -0.25) is 15.1 Å². The second kappa shape index (κ2) is 10.2. The first-order valence-electron chi connectivity index (χ1n) is 9.74. The van der Waals surface area contributed by atoms with Gasteiger partial charge in [0.2, 0.25) is 0 Å². The standard InChI is InChI=1S/C22H25N5O2/c23-14-17-6-8-20(9-7-17)21(28)25-26-22(29)24-15-18-10-12-27(13-11-18)16-19-4-2-1-3-5-19/h1-9,18H,10-13,15-16H2,(H,25,28)(H2,24,26,29). The van der Waals surface area contributed by atoms with Gasteiger partial charge in [-0.25, -0.2) is 10.2 Å². The Morgan fingerprint density at radius 1 is 1.00 bits per heavy atom. The number of piperidine rings is 1. The quantitative estimate of drug-likeness (QED) is 0.682. The van der Waals surface area contributed by atoms with Crippen LogP contribution in [0.15, 0.2) is 54.6 Å². The number of nitriles is 1. The Morgan fingerprint density at radius 2 is 1.69 bits per heavy atom. The summed E-state index contributed by atoms with van der Waals surface area (Å²) in [7, 11) is 0. The van der Waals surface area contributed by atoms with Crippen molar-refractivity contribution >= 4 is 11.9 Å². The molecule has 1 aliphatic heterocycles. The van der Waals surface area contributed by atoms with Gasteiger partial charge in [0.15, 0.2) is 0 Å². The number of hydrogen-bond acceptors (Lipinski definition) is 4. The average molecular weight is 391 g/mol. The number of nitrogens with one attached hydrogen (secondary N) is 3. The maximum absolute atomic E-state index is 12.0. The number of benzene rings is 2. The Kier molecular flexibility index (Phi) is 7.20. The van der Waals surface area contributed by atoms with E-state index in [1.807, 2.05) is 12.1 Å². The summed E-state index contributed by atoms with van der Waals surface area (Å²) in [6.45, 7) is 3.57. The van der Waals surface area contributed by atoms with Gasteiger partial charge in [0.25, 0.3) is 5.91 Å². The fraction of sp³-hybridized carbons (Fsp3) is 0.318. The third kappa shape index (κ3) is 6.33. The van der Waals surface area contributed by atoms with Crippen LogP contribution in [0.5, 0.6) is 0 Å². The summed E-state index contributed by atoms with van der Waals surface area (Å²) in [6.07, 6.45) is 2.06. The SMILES string of the molecule is N#Cc1ccc(C(=O)NNC(=O)NCC2CCN(Cc3ccccc3)CC2)cc1. The van der Waals surface area contributed by atoms with E-state index in [4.69, 9.17) is 5.26 Å². The lowest BCUT2D eigenvalue weighted by Gasteiger charge is -2.32. The molecule has 1 heterocycles. The van der Waals surface area contributed by atoms with Gasteiger partial charge in [-0.2, -0.15) is 5.26 Å². The number of rotatable bonds is 5. The number of hydrazine groups is 1. The number of urea groups is 1. The highest BCUT2D eigenvalue weighted by Crippen LogP contribution is 2.18. The Labute approximate surface area is 170 Å². The summed E-state index contributed by atoms with van der Waals surface area (Å²) in [5.74, 6) is 0.000797. The Bertz CT molecular complexity index is 853. The van der Waals surface area contributed by atoms with Gasteiger partial charge in [-0.15, -0.1) is 0 Å². The molecular weight excluding hydrogens is 366 g/mol. The van der Waals surface area contributed by atoms with Crippen molar-refractivity contribution < 1.29 is 9.59 Å². The number of carbonyl (C=O) groups excluding carboxylic acids is 2. The first-order valence-corrected chi connectivity index (χ1v) is 9.74. The molecule has 2 aromatic carbocycles. The van der Waals surface area contributed by atoms with E-state index in [2.05, 4.69) is 45.3 Å². The van der Waals surface area contributed by atoms with Gasteiger partial charge in [-0.05, 0) is 61.7 Å². The molecule has 0 saturated carbocycles. The lowest BCUT2D eigenvalue weighted by Crippen LogP contribution is -2.48. The van der Waals surface area contributed by atoms with Crippen LogP contribution in [0.2, 0.25) is 0 Å². The lowest BCUT2D eigenvalue weighted by atomic mass is 9.96. The topological polar surface area (TPSA) is 97.3 Å². The summed E-state index contributed by atoms with van der Waals surface area (Å²) < 4.78 is 0. The van der Waals surface area contributed by atoms with Gasteiger partial charge in [0.05, 0.1) is 11.6 Å². The van der Waals surface area contributed by atoms with Crippen LogP contribution < -0.4 is 16.2 Å². The van der Waals surface area contributed by atoms with Gasteiger partial charge >= 0.3 is 6.03 Å². The van der Waals surface area contributed by atoms with Crippen molar-refractivity contribution in [1.29, 1.82) is 5.26 Å². The minimum Gasteiger partial charge on any atom is -0.336 e. The normalized spacial score (nSPS) is 14.6. The highest BCUT2D eigenvalue weighted by atomic mass is 16.2. The molecular formula is C22H25N5O2. The summed E-state index contributed by atoms with van der Waals surface area (Å²) >= 11 is 0. The van der Waals surface area contributed by atoms with Gasteiger partial charge in [0.1, 0.15) is 0 Å². The fourth-order valence-corrected chi connectivity index (χ4v) is 3.35. The highest BCUT2D eigenvalue weighted by Gasteiger charge is 2.19. The number of likely N-dealkylation sites (tertiary alicyclic amines) is 1. The summed E-state index contributed by atoms with van der Waals surface area (Å²) in [5.41, 5.74) is 6.90. The molecule has 0 spiro atoms. The molecule has 7 nitrogen and oxygen atoms in total. The van der Waals surface area contributed by atoms with Crippen LogP contribution in [0.3, 0.4) is 0 Å². The highest BCUT2D eigenvalue weighted by molar-refractivity contribution is 5.95. The van der Waals surface area contributed by atoms with Crippen molar-refractivity contribution in [3.63, 3.8) is 0 Å². The van der Waals surface area contributed by atoms with Gasteiger partial charge in [0, 0.05) is 18.7 Å². The lowest BCUT2D eigenvalue weighted by molar-refractivity contribution is 0.0936. The molecule has 2 aromatic rings. The van der Waals surface area contributed by atoms with E-state index in [9.17, 15) is 9.59 Å². The van der Waals surface area contributed by atoms with Crippen LogP contribution in [0, 0.1) is 17.2 Å². The molecule has 0 aliphatic carbocycles. The van der Waals surface area contributed by atoms with E-state index in [-0.39, 0.29) is 0 Å². The van der Waals surface area contributed by atoms with E-state index in [0.29, 0.717) is 23.6 Å². The minimum absolute atomic E-state index is 0.370. The summed E-state index contributed by atoms with van der Waals surface area (Å²) in [6, 6.07) is 18.2. The molecule has 0 bridgehead atoms. The van der Waals surface area contributed by atoms with E-state index >= 15 is 0 Å². The zero-order valence-corrected chi connectivity index (χ0v) is 16.2. The number of hydrogen-bond donors (Lipinski definition) is 3. The fourth-order valence-electron chi connectivity index (χ4n) is 3.35. The van der Waals surface area contributed by atoms with Crippen LogP contribution in [0.1, 0.15) is 34.3 Å². The number of nitrogens with zero attached hydrogens (tertiary/aromatic N) is 2. The Morgan fingerprint density at radius 3 is 2.34 bits per heavy atom. The van der Waals surface area contributed by atoms with Crippen molar-refractivity contribution in [1.82, 2.24) is 21.1 Å². The molecule has 7 heteroatoms. The van der Waals surface area contributed by atoms with Crippen LogP contribution in [-0.2, 0) is 6.54 Å². The number of carbonyl (C=O) groups is 2. The molecule has 0 radical (unpaired) electrons. The predicted octanol–water partition coefficient (Wildman–Crippen LogP) is 2.41. The molecule has 0 atom stereocenters.